The first-order valence-electron chi connectivity index (χ1n) is 27.1. The maximum absolute atomic E-state index is 16.6. The van der Waals surface area contributed by atoms with Gasteiger partial charge in [-0.3, -0.25) is 19.9 Å². The predicted octanol–water partition coefficient (Wildman–Crippen LogP) is 7.79. The topological polar surface area (TPSA) is 244 Å². The third-order valence-electron chi connectivity index (χ3n) is 15.2. The first kappa shape index (κ1) is 53.0. The minimum absolute atomic E-state index is 0.00114. The zero-order chi connectivity index (χ0) is 56.3. The molecule has 6 aromatic rings. The molecule has 22 nitrogen and oxygen atoms in total. The van der Waals surface area contributed by atoms with E-state index < -0.39 is 40.8 Å². The Morgan fingerprint density at radius 1 is 0.654 bits per heavy atom. The lowest BCUT2D eigenvalue weighted by molar-refractivity contribution is 0.0295. The number of hydrogen-bond donors (Lipinski definition) is 4. The molecule has 0 aliphatic carbocycles. The summed E-state index contributed by atoms with van der Waals surface area (Å²) < 4.78 is 58.1. The molecule has 0 spiro atoms. The maximum Gasteiger partial charge on any atom is 0.324 e. The van der Waals surface area contributed by atoms with Gasteiger partial charge in [-0.05, 0) is 114 Å². The monoisotopic (exact) mass is 1110 g/mol. The van der Waals surface area contributed by atoms with Crippen molar-refractivity contribution in [1.82, 2.24) is 39.7 Å². The molecule has 4 bridgehead atoms. The molecule has 4 aromatic heterocycles. The Balaban J connectivity index is 0.784. The number of urea groups is 2. The van der Waals surface area contributed by atoms with E-state index in [4.69, 9.17) is 38.9 Å². The molecule has 2 aromatic carbocycles. The van der Waals surface area contributed by atoms with Gasteiger partial charge in [-0.25, -0.2) is 33.3 Å². The number of carbonyl (C=O) groups excluding carboxylic acids is 4. The summed E-state index contributed by atoms with van der Waals surface area (Å²) in [5.74, 6) is -1.52. The number of morpholine rings is 2. The Kier molecular flexibility index (Phi) is 13.8. The molecule has 12 rings (SSSR count). The van der Waals surface area contributed by atoms with Gasteiger partial charge >= 0.3 is 12.1 Å². The van der Waals surface area contributed by atoms with Crippen LogP contribution in [0.1, 0.15) is 79.7 Å². The van der Waals surface area contributed by atoms with Gasteiger partial charge in [-0.2, -0.15) is 9.97 Å². The van der Waals surface area contributed by atoms with Crippen LogP contribution in [0.5, 0.6) is 11.8 Å². The first-order chi connectivity index (χ1) is 38.9. The molecule has 4 saturated heterocycles. The standard InChI is InChI=1S/C57H60F2N14O8/c1-6-71-29-56(2,3)80-48-45(51(71)75)47(67-53(68-48)73-27-37-11-12-38(28-73)79-37)39-13-8-34(23-40(39)58)63-55(77)65-43-21-31(15-20-61-43)24-57(4)30-70(5)50(74)44-46(66-52(69-49(44)81-57)72-25-35-9-10-36(26-72)78-35)32-7-14-42(41(59)22-32)64-54(76)62-33-16-18-60-19-17-33/h7-8,13-23,35-38H,6,9-12,24-30H2,1-5H3,(H2,60,62,64,76)(H2,61,63,65,77). The average molecular weight is 1110 g/mol. The van der Waals surface area contributed by atoms with Crippen molar-refractivity contribution in [1.29, 1.82) is 0 Å². The van der Waals surface area contributed by atoms with Crippen LogP contribution in [0.2, 0.25) is 0 Å². The molecule has 5 atom stereocenters. The lowest BCUT2D eigenvalue weighted by Gasteiger charge is -2.33. The van der Waals surface area contributed by atoms with Crippen LogP contribution >= 0.6 is 0 Å². The molecule has 6 aliphatic rings. The van der Waals surface area contributed by atoms with Gasteiger partial charge in [0.05, 0.1) is 54.6 Å². The SMILES string of the molecule is CCN1CC(C)(C)Oc2nc(N3CC4CCC(C3)O4)nc(-c3ccc(NC(=O)Nc4cc(CC5(C)CN(C)C(=O)c6c(nc(N7CC8CCC(C7)O8)nc6-c6ccc(NC(=O)Nc7ccncc7)c(F)c6)O5)ccn4)cc3F)c2C1=O. The number of halogens is 2. The number of nitrogens with one attached hydrogen (secondary N) is 4. The fourth-order valence-corrected chi connectivity index (χ4v) is 11.6. The van der Waals surface area contributed by atoms with Gasteiger partial charge in [-0.15, -0.1) is 0 Å². The van der Waals surface area contributed by atoms with Crippen LogP contribution in [-0.4, -0.2) is 152 Å². The zero-order valence-corrected chi connectivity index (χ0v) is 45.3. The average Bonchev–Trinajstić information content (AvgIpc) is 4.18. The Morgan fingerprint density at radius 2 is 1.27 bits per heavy atom. The summed E-state index contributed by atoms with van der Waals surface area (Å²) in [6.07, 6.45) is 8.28. The van der Waals surface area contributed by atoms with E-state index in [-0.39, 0.29) is 118 Å². The van der Waals surface area contributed by atoms with Gasteiger partial charge in [0, 0.05) is 87.3 Å². The molecule has 6 amide bonds. The quantitative estimate of drug-likeness (QED) is 0.0967. The Labute approximate surface area is 465 Å². The highest BCUT2D eigenvalue weighted by molar-refractivity contribution is 6.05. The zero-order valence-electron chi connectivity index (χ0n) is 45.3. The third-order valence-corrected chi connectivity index (χ3v) is 15.2. The van der Waals surface area contributed by atoms with Crippen molar-refractivity contribution >= 4 is 58.7 Å². The summed E-state index contributed by atoms with van der Waals surface area (Å²) in [6, 6.07) is 13.6. The number of carbonyl (C=O) groups is 4. The number of likely N-dealkylation sites (N-methyl/N-ethyl adjacent to an activating group) is 2. The molecule has 0 saturated carbocycles. The first-order valence-corrected chi connectivity index (χ1v) is 27.1. The van der Waals surface area contributed by atoms with Gasteiger partial charge in [0.2, 0.25) is 23.7 Å². The number of hydrogen-bond acceptors (Lipinski definition) is 16. The van der Waals surface area contributed by atoms with Crippen molar-refractivity contribution in [2.45, 2.75) is 95.4 Å². The maximum atomic E-state index is 16.6. The molecular weight excluding hydrogens is 1050 g/mol. The Bertz CT molecular complexity index is 3460. The van der Waals surface area contributed by atoms with E-state index in [1.54, 1.807) is 42.3 Å². The normalized spacial score (nSPS) is 22.7. The van der Waals surface area contributed by atoms with E-state index in [0.29, 0.717) is 49.9 Å². The number of anilines is 6. The number of aromatic nitrogens is 6. The molecule has 24 heteroatoms. The highest BCUT2D eigenvalue weighted by atomic mass is 19.1. The summed E-state index contributed by atoms with van der Waals surface area (Å²) >= 11 is 0. The van der Waals surface area contributed by atoms with Crippen LogP contribution in [0.25, 0.3) is 22.5 Å². The molecule has 420 valence electrons. The number of nitrogens with zero attached hydrogens (tertiary/aromatic N) is 10. The number of ether oxygens (including phenoxy) is 4. The number of rotatable bonds is 11. The van der Waals surface area contributed by atoms with Crippen molar-refractivity contribution in [3.8, 4) is 34.3 Å². The molecule has 10 heterocycles. The second-order valence-corrected chi connectivity index (χ2v) is 22.2. The molecule has 4 fully saturated rings. The highest BCUT2D eigenvalue weighted by Gasteiger charge is 2.43. The van der Waals surface area contributed by atoms with Crippen molar-refractivity contribution in [3.63, 3.8) is 0 Å². The second-order valence-electron chi connectivity index (χ2n) is 22.2. The van der Waals surface area contributed by atoms with Gasteiger partial charge in [0.25, 0.3) is 11.8 Å². The van der Waals surface area contributed by atoms with E-state index in [1.165, 1.54) is 47.8 Å². The lowest BCUT2D eigenvalue weighted by Crippen LogP contribution is -2.45. The molecule has 5 unspecified atom stereocenters. The lowest BCUT2D eigenvalue weighted by atomic mass is 9.96. The molecule has 6 aliphatic heterocycles. The number of fused-ring (bicyclic) bond motifs is 6. The summed E-state index contributed by atoms with van der Waals surface area (Å²) in [5, 5.41) is 10.6. The van der Waals surface area contributed by atoms with Gasteiger partial charge in [0.1, 0.15) is 39.8 Å². The summed E-state index contributed by atoms with van der Waals surface area (Å²) in [7, 11) is 1.63. The van der Waals surface area contributed by atoms with E-state index in [1.807, 2.05) is 37.5 Å². The fourth-order valence-electron chi connectivity index (χ4n) is 11.6. The summed E-state index contributed by atoms with van der Waals surface area (Å²) in [6.45, 7) is 10.3. The summed E-state index contributed by atoms with van der Waals surface area (Å²) in [5.41, 5.74) is -0.202. The van der Waals surface area contributed by atoms with E-state index in [9.17, 15) is 19.2 Å². The second kappa shape index (κ2) is 21.1. The van der Waals surface area contributed by atoms with Crippen LogP contribution in [0.15, 0.2) is 79.3 Å². The number of benzene rings is 2. The van der Waals surface area contributed by atoms with Gasteiger partial charge in [-0.1, -0.05) is 6.07 Å². The van der Waals surface area contributed by atoms with Crippen LogP contribution in [0.4, 0.5) is 53.1 Å². The van der Waals surface area contributed by atoms with Crippen LogP contribution in [0, 0.1) is 11.6 Å². The van der Waals surface area contributed by atoms with Crippen LogP contribution in [-0.2, 0) is 15.9 Å². The molecule has 0 radical (unpaired) electrons. The van der Waals surface area contributed by atoms with Gasteiger partial charge < -0.3 is 54.5 Å². The van der Waals surface area contributed by atoms with Crippen molar-refractivity contribution in [2.24, 2.45) is 0 Å². The molecule has 81 heavy (non-hydrogen) atoms. The van der Waals surface area contributed by atoms with Crippen molar-refractivity contribution in [2.75, 3.05) is 83.9 Å². The highest BCUT2D eigenvalue weighted by Crippen LogP contribution is 2.41. The third kappa shape index (κ3) is 11.0. The molecule has 4 N–H and O–H groups in total. The smallest absolute Gasteiger partial charge is 0.324 e. The van der Waals surface area contributed by atoms with Crippen molar-refractivity contribution < 1.29 is 46.9 Å². The van der Waals surface area contributed by atoms with E-state index in [0.717, 1.165) is 31.7 Å². The number of pyridine rings is 2. The minimum Gasteiger partial charge on any atom is -0.469 e. The van der Waals surface area contributed by atoms with Crippen LogP contribution < -0.4 is 40.5 Å². The predicted molar refractivity (Wildman–Crippen MR) is 295 cm³/mol. The fraction of sp³-hybridized carbons (Fsp3) is 0.404. The number of amides is 6. The Hall–Kier alpha value is -8.64. The van der Waals surface area contributed by atoms with E-state index in [2.05, 4.69) is 31.2 Å². The van der Waals surface area contributed by atoms with Crippen molar-refractivity contribution in [3.05, 3.63) is 108 Å². The largest absolute Gasteiger partial charge is 0.469 e. The minimum atomic E-state index is -1.13. The molecular formula is C57H60F2N14O8. The summed E-state index contributed by atoms with van der Waals surface area (Å²) in [4.78, 5) is 90.1. The van der Waals surface area contributed by atoms with E-state index >= 15 is 8.78 Å². The Morgan fingerprint density at radius 3 is 1.91 bits per heavy atom. The van der Waals surface area contributed by atoms with Crippen LogP contribution in [0.3, 0.4) is 0 Å². The van der Waals surface area contributed by atoms with Gasteiger partial charge in [0.15, 0.2) is 0 Å².